The lowest BCUT2D eigenvalue weighted by molar-refractivity contribution is 0.109. The Morgan fingerprint density at radius 2 is 2.00 bits per heavy atom. The van der Waals surface area contributed by atoms with Crippen LogP contribution in [0.4, 0.5) is 4.79 Å². The third-order valence-electron chi connectivity index (χ3n) is 3.43. The first kappa shape index (κ1) is 14.9. The molecule has 3 rings (SSSR count). The molecule has 0 saturated heterocycles. The molecule has 2 aromatic rings. The summed E-state index contributed by atoms with van der Waals surface area (Å²) < 4.78 is 5.31. The lowest BCUT2D eigenvalue weighted by Gasteiger charge is -2.23. The molecule has 1 amide bonds. The Bertz CT molecular complexity index is 743. The van der Waals surface area contributed by atoms with Crippen LogP contribution >= 0.6 is 23.2 Å². The van der Waals surface area contributed by atoms with Crippen molar-refractivity contribution in [3.8, 4) is 0 Å². The molecule has 0 spiro atoms. The summed E-state index contributed by atoms with van der Waals surface area (Å²) in [4.78, 5) is 13.7. The highest BCUT2D eigenvalue weighted by Crippen LogP contribution is 2.23. The number of benzene rings is 2. The molecule has 0 aliphatic carbocycles. The van der Waals surface area contributed by atoms with Crippen LogP contribution in [0.3, 0.4) is 0 Å². The van der Waals surface area contributed by atoms with Crippen molar-refractivity contribution in [2.24, 2.45) is 0 Å². The molecule has 0 radical (unpaired) electrons. The van der Waals surface area contributed by atoms with Crippen LogP contribution in [0.25, 0.3) is 6.08 Å². The summed E-state index contributed by atoms with van der Waals surface area (Å²) in [5.41, 5.74) is 2.93. The normalized spacial score (nSPS) is 12.9. The van der Waals surface area contributed by atoms with Gasteiger partial charge >= 0.3 is 6.09 Å². The summed E-state index contributed by atoms with van der Waals surface area (Å²) in [5.74, 6) is 0. The standard InChI is InChI=1S/C17H13Cl2NO2/c18-15-6-5-14(16(19)9-15)11-22-17(21)20-8-7-12-3-1-2-4-13(12)10-20/h1-9H,10-11H2. The highest BCUT2D eigenvalue weighted by molar-refractivity contribution is 6.35. The molecule has 0 saturated carbocycles. The number of nitrogens with zero attached hydrogens (tertiary/aromatic N) is 1. The van der Waals surface area contributed by atoms with Crippen molar-refractivity contribution in [3.05, 3.63) is 75.4 Å². The molecule has 0 unspecified atom stereocenters. The molecule has 112 valence electrons. The number of carbonyl (C=O) groups is 1. The molecule has 0 bridgehead atoms. The number of hydrogen-bond acceptors (Lipinski definition) is 2. The van der Waals surface area contributed by atoms with Crippen LogP contribution in [0.15, 0.2) is 48.7 Å². The SMILES string of the molecule is O=C(OCc1ccc(Cl)cc1Cl)N1C=Cc2ccccc2C1. The van der Waals surface area contributed by atoms with Gasteiger partial charge in [-0.2, -0.15) is 0 Å². The van der Waals surface area contributed by atoms with E-state index in [4.69, 9.17) is 27.9 Å². The molecule has 2 aromatic carbocycles. The maximum absolute atomic E-state index is 12.1. The number of amides is 1. The van der Waals surface area contributed by atoms with Gasteiger partial charge in [-0.25, -0.2) is 4.79 Å². The smallest absolute Gasteiger partial charge is 0.414 e. The van der Waals surface area contributed by atoms with E-state index in [0.29, 0.717) is 16.6 Å². The molecule has 1 heterocycles. The Morgan fingerprint density at radius 3 is 2.82 bits per heavy atom. The van der Waals surface area contributed by atoms with E-state index >= 15 is 0 Å². The quantitative estimate of drug-likeness (QED) is 0.763. The molecule has 1 aliphatic rings. The van der Waals surface area contributed by atoms with Crippen molar-refractivity contribution in [2.45, 2.75) is 13.2 Å². The topological polar surface area (TPSA) is 29.5 Å². The first-order valence-electron chi connectivity index (χ1n) is 6.77. The van der Waals surface area contributed by atoms with E-state index in [1.807, 2.05) is 30.3 Å². The van der Waals surface area contributed by atoms with Crippen LogP contribution in [-0.2, 0) is 17.9 Å². The van der Waals surface area contributed by atoms with Gasteiger partial charge in [-0.05, 0) is 29.3 Å². The maximum Gasteiger partial charge on any atom is 0.414 e. The van der Waals surface area contributed by atoms with E-state index in [-0.39, 0.29) is 6.61 Å². The van der Waals surface area contributed by atoms with Gasteiger partial charge in [-0.3, -0.25) is 4.90 Å². The maximum atomic E-state index is 12.1. The molecule has 0 N–H and O–H groups in total. The van der Waals surface area contributed by atoms with E-state index in [1.165, 1.54) is 4.90 Å². The first-order valence-corrected chi connectivity index (χ1v) is 7.52. The average Bonchev–Trinajstić information content (AvgIpc) is 2.53. The molecule has 0 aromatic heterocycles. The lowest BCUT2D eigenvalue weighted by atomic mass is 10.1. The Morgan fingerprint density at radius 1 is 1.18 bits per heavy atom. The molecule has 5 heteroatoms. The minimum Gasteiger partial charge on any atom is -0.444 e. The van der Waals surface area contributed by atoms with Gasteiger partial charge < -0.3 is 4.74 Å². The Balaban J connectivity index is 1.64. The Kier molecular flexibility index (Phi) is 4.36. The highest BCUT2D eigenvalue weighted by Gasteiger charge is 2.18. The largest absolute Gasteiger partial charge is 0.444 e. The summed E-state index contributed by atoms with van der Waals surface area (Å²) in [6, 6.07) is 13.0. The predicted molar refractivity (Wildman–Crippen MR) is 87.7 cm³/mol. The minimum atomic E-state index is -0.406. The van der Waals surface area contributed by atoms with Crippen molar-refractivity contribution in [3.63, 3.8) is 0 Å². The minimum absolute atomic E-state index is 0.112. The first-order chi connectivity index (χ1) is 10.6. The van der Waals surface area contributed by atoms with Crippen LogP contribution in [0.2, 0.25) is 10.0 Å². The number of rotatable bonds is 2. The van der Waals surface area contributed by atoms with Crippen LogP contribution in [-0.4, -0.2) is 11.0 Å². The number of carbonyl (C=O) groups excluding carboxylic acids is 1. The van der Waals surface area contributed by atoms with Crippen LogP contribution < -0.4 is 0 Å². The molecule has 0 atom stereocenters. The van der Waals surface area contributed by atoms with Gasteiger partial charge in [-0.1, -0.05) is 53.5 Å². The molecule has 3 nitrogen and oxygen atoms in total. The van der Waals surface area contributed by atoms with Gasteiger partial charge in [0.05, 0.1) is 6.54 Å². The van der Waals surface area contributed by atoms with Gasteiger partial charge in [-0.15, -0.1) is 0 Å². The summed E-state index contributed by atoms with van der Waals surface area (Å²) >= 11 is 11.9. The third-order valence-corrected chi connectivity index (χ3v) is 4.02. The molecule has 1 aliphatic heterocycles. The number of fused-ring (bicyclic) bond motifs is 1. The fraction of sp³-hybridized carbons (Fsp3) is 0.118. The lowest BCUT2D eigenvalue weighted by Crippen LogP contribution is -2.28. The van der Waals surface area contributed by atoms with Gasteiger partial charge in [0.15, 0.2) is 0 Å². The summed E-state index contributed by atoms with van der Waals surface area (Å²) in [6.07, 6.45) is 3.22. The van der Waals surface area contributed by atoms with Gasteiger partial charge in [0.25, 0.3) is 0 Å². The fourth-order valence-corrected chi connectivity index (χ4v) is 2.70. The molecular weight excluding hydrogens is 321 g/mol. The number of ether oxygens (including phenoxy) is 1. The van der Waals surface area contributed by atoms with E-state index in [9.17, 15) is 4.79 Å². The van der Waals surface area contributed by atoms with Gasteiger partial charge in [0, 0.05) is 21.8 Å². The zero-order valence-corrected chi connectivity index (χ0v) is 13.1. The average molecular weight is 334 g/mol. The van der Waals surface area contributed by atoms with Crippen molar-refractivity contribution in [1.82, 2.24) is 4.90 Å². The van der Waals surface area contributed by atoms with Gasteiger partial charge in [0.2, 0.25) is 0 Å². The van der Waals surface area contributed by atoms with E-state index < -0.39 is 6.09 Å². The van der Waals surface area contributed by atoms with E-state index in [1.54, 1.807) is 24.4 Å². The highest BCUT2D eigenvalue weighted by atomic mass is 35.5. The predicted octanol–water partition coefficient (Wildman–Crippen LogP) is 5.12. The second-order valence-corrected chi connectivity index (χ2v) is 5.78. The molecular formula is C17H13Cl2NO2. The number of halogens is 2. The Hall–Kier alpha value is -1.97. The van der Waals surface area contributed by atoms with Crippen LogP contribution in [0.5, 0.6) is 0 Å². The molecule has 22 heavy (non-hydrogen) atoms. The van der Waals surface area contributed by atoms with Crippen molar-refractivity contribution in [1.29, 1.82) is 0 Å². The zero-order valence-electron chi connectivity index (χ0n) is 11.6. The van der Waals surface area contributed by atoms with Crippen molar-refractivity contribution < 1.29 is 9.53 Å². The van der Waals surface area contributed by atoms with Crippen LogP contribution in [0.1, 0.15) is 16.7 Å². The molecule has 0 fully saturated rings. The van der Waals surface area contributed by atoms with Crippen molar-refractivity contribution in [2.75, 3.05) is 0 Å². The van der Waals surface area contributed by atoms with Crippen molar-refractivity contribution >= 4 is 35.4 Å². The number of hydrogen-bond donors (Lipinski definition) is 0. The zero-order chi connectivity index (χ0) is 15.5. The monoisotopic (exact) mass is 333 g/mol. The second kappa shape index (κ2) is 6.42. The summed E-state index contributed by atoms with van der Waals surface area (Å²) in [5, 5.41) is 1.04. The van der Waals surface area contributed by atoms with E-state index in [0.717, 1.165) is 16.7 Å². The fourth-order valence-electron chi connectivity index (χ4n) is 2.23. The second-order valence-electron chi connectivity index (χ2n) is 4.93. The Labute approximate surface area is 138 Å². The summed E-state index contributed by atoms with van der Waals surface area (Å²) in [7, 11) is 0. The van der Waals surface area contributed by atoms with E-state index in [2.05, 4.69) is 0 Å². The van der Waals surface area contributed by atoms with Gasteiger partial charge in [0.1, 0.15) is 6.61 Å². The summed E-state index contributed by atoms with van der Waals surface area (Å²) in [6.45, 7) is 0.612. The van der Waals surface area contributed by atoms with Crippen LogP contribution in [0, 0.1) is 0 Å². The third kappa shape index (κ3) is 3.26.